The number of anilines is 3. The van der Waals surface area contributed by atoms with Crippen LogP contribution in [-0.4, -0.2) is 16.9 Å². The molecule has 1 aliphatic rings. The van der Waals surface area contributed by atoms with Crippen LogP contribution in [0.1, 0.15) is 25.0 Å². The molecule has 0 aromatic heterocycles. The Morgan fingerprint density at radius 1 is 1.23 bits per heavy atom. The van der Waals surface area contributed by atoms with Crippen LogP contribution >= 0.6 is 11.6 Å². The molecule has 30 heavy (non-hydrogen) atoms. The fourth-order valence-electron chi connectivity index (χ4n) is 2.72. The second-order valence-corrected chi connectivity index (χ2v) is 7.01. The number of nitrogens with one attached hydrogen (secondary N) is 1. The van der Waals surface area contributed by atoms with Crippen molar-refractivity contribution in [2.24, 2.45) is 0 Å². The Balaban J connectivity index is 1.95. The molecule has 0 atom stereocenters. The molecule has 1 saturated heterocycles. The topological polar surface area (TPSA) is 98.1 Å². The van der Waals surface area contributed by atoms with Gasteiger partial charge in [-0.25, -0.2) is 9.63 Å². The van der Waals surface area contributed by atoms with Gasteiger partial charge in [0, 0.05) is 0 Å². The number of carbonyl (C=O) groups is 1. The van der Waals surface area contributed by atoms with Gasteiger partial charge >= 0.3 is 12.3 Å². The highest BCUT2D eigenvalue weighted by atomic mass is 35.5. The van der Waals surface area contributed by atoms with Crippen molar-refractivity contribution in [2.75, 3.05) is 15.6 Å². The lowest BCUT2D eigenvalue weighted by atomic mass is 10.1. The van der Waals surface area contributed by atoms with Crippen molar-refractivity contribution in [1.82, 2.24) is 0 Å². The van der Waals surface area contributed by atoms with Gasteiger partial charge in [0.15, 0.2) is 5.72 Å². The van der Waals surface area contributed by atoms with Crippen molar-refractivity contribution in [2.45, 2.75) is 25.7 Å². The van der Waals surface area contributed by atoms with Gasteiger partial charge in [0.1, 0.15) is 0 Å². The molecule has 0 saturated carbocycles. The molecule has 0 spiro atoms. The third-order valence-electron chi connectivity index (χ3n) is 4.02. The Labute approximate surface area is 173 Å². The second-order valence-electron chi connectivity index (χ2n) is 6.60. The number of halogens is 4. The van der Waals surface area contributed by atoms with E-state index in [0.29, 0.717) is 5.69 Å². The number of nitriles is 1. The third-order valence-corrected chi connectivity index (χ3v) is 4.35. The van der Waals surface area contributed by atoms with Gasteiger partial charge in [0.25, 0.3) is 0 Å². The molecule has 158 valence electrons. The van der Waals surface area contributed by atoms with E-state index in [1.165, 1.54) is 35.4 Å². The average molecular weight is 443 g/mol. The zero-order valence-electron chi connectivity index (χ0n) is 15.5. The number of hydrogen-bond donors (Lipinski definition) is 2. The lowest BCUT2D eigenvalue weighted by Gasteiger charge is -2.26. The molecule has 12 heteroatoms. The summed E-state index contributed by atoms with van der Waals surface area (Å²) in [6.07, 6.45) is -6.07. The lowest BCUT2D eigenvalue weighted by Crippen LogP contribution is -2.38. The van der Waals surface area contributed by atoms with E-state index in [2.05, 4.69) is 5.32 Å². The van der Waals surface area contributed by atoms with E-state index >= 15 is 0 Å². The highest BCUT2D eigenvalue weighted by molar-refractivity contribution is 6.33. The lowest BCUT2D eigenvalue weighted by molar-refractivity contribution is -0.137. The van der Waals surface area contributed by atoms with Crippen LogP contribution in [0, 0.1) is 11.3 Å². The number of amides is 1. The number of benzene rings is 2. The first kappa shape index (κ1) is 21.5. The molecular weight excluding hydrogens is 429 g/mol. The van der Waals surface area contributed by atoms with E-state index in [-0.39, 0.29) is 16.4 Å². The smallest absolute Gasteiger partial charge is 0.417 e. The highest BCUT2D eigenvalue weighted by Crippen LogP contribution is 2.40. The molecule has 0 radical (unpaired) electrons. The summed E-state index contributed by atoms with van der Waals surface area (Å²) in [5.41, 5.74) is -2.57. The summed E-state index contributed by atoms with van der Waals surface area (Å²) in [7, 11) is 0. The number of hydrogen-bond acceptors (Lipinski definition) is 6. The fourth-order valence-corrected chi connectivity index (χ4v) is 2.88. The molecular formula is C18H14ClF3N4O4. The predicted molar refractivity (Wildman–Crippen MR) is 100 cm³/mol. The quantitative estimate of drug-likeness (QED) is 0.677. The Kier molecular flexibility index (Phi) is 5.42. The molecule has 2 N–H and O–H groups in total. The van der Waals surface area contributed by atoms with Crippen LogP contribution in [0.3, 0.4) is 0 Å². The van der Waals surface area contributed by atoms with Gasteiger partial charge in [-0.15, -0.1) is 4.94 Å². The van der Waals surface area contributed by atoms with Crippen LogP contribution in [0.4, 0.5) is 35.0 Å². The van der Waals surface area contributed by atoms with E-state index in [0.717, 1.165) is 17.4 Å². The van der Waals surface area contributed by atoms with E-state index in [4.69, 9.17) is 31.7 Å². The molecule has 0 unspecified atom stereocenters. The molecule has 1 aliphatic heterocycles. The summed E-state index contributed by atoms with van der Waals surface area (Å²) in [5.74, 6) is 0. The van der Waals surface area contributed by atoms with Crippen LogP contribution in [0.25, 0.3) is 0 Å². The van der Waals surface area contributed by atoms with Crippen LogP contribution in [-0.2, 0) is 16.0 Å². The van der Waals surface area contributed by atoms with Gasteiger partial charge < -0.3 is 5.11 Å². The van der Waals surface area contributed by atoms with Crippen molar-refractivity contribution in [1.29, 1.82) is 5.26 Å². The molecule has 0 bridgehead atoms. The first-order valence-corrected chi connectivity index (χ1v) is 8.68. The van der Waals surface area contributed by atoms with E-state index in [1.54, 1.807) is 13.8 Å². The van der Waals surface area contributed by atoms with E-state index in [9.17, 15) is 18.0 Å². The van der Waals surface area contributed by atoms with Crippen molar-refractivity contribution >= 4 is 34.8 Å². The minimum absolute atomic E-state index is 0.0808. The van der Waals surface area contributed by atoms with E-state index < -0.39 is 29.1 Å². The van der Waals surface area contributed by atoms with Gasteiger partial charge in [0.2, 0.25) is 0 Å². The molecule has 1 fully saturated rings. The van der Waals surface area contributed by atoms with Gasteiger partial charge in [-0.1, -0.05) is 16.8 Å². The summed E-state index contributed by atoms with van der Waals surface area (Å²) in [4.78, 5) is 22.1. The summed E-state index contributed by atoms with van der Waals surface area (Å²) >= 11 is 5.97. The monoisotopic (exact) mass is 442 g/mol. The highest BCUT2D eigenvalue weighted by Gasteiger charge is 2.43. The number of carboxylic acid groups (broad SMARTS) is 1. The van der Waals surface area contributed by atoms with Crippen LogP contribution in [0.2, 0.25) is 5.02 Å². The molecule has 8 nitrogen and oxygen atoms in total. The van der Waals surface area contributed by atoms with Crippen molar-refractivity contribution in [3.05, 3.63) is 52.5 Å². The Morgan fingerprint density at radius 3 is 2.50 bits per heavy atom. The predicted octanol–water partition coefficient (Wildman–Crippen LogP) is 5.16. The van der Waals surface area contributed by atoms with Crippen LogP contribution < -0.4 is 15.6 Å². The maximum atomic E-state index is 13.3. The van der Waals surface area contributed by atoms with Crippen molar-refractivity contribution < 1.29 is 32.8 Å². The van der Waals surface area contributed by atoms with Crippen molar-refractivity contribution in [3.8, 4) is 6.07 Å². The minimum atomic E-state index is -4.75. The first-order chi connectivity index (χ1) is 13.9. The normalized spacial score (nSPS) is 15.8. The zero-order valence-corrected chi connectivity index (χ0v) is 16.2. The SMILES string of the molecule is CC1(C)ON(c2ccc(C#N)c(C(F)(F)F)c2)ON1c1ccc(Cl)c(NC(=O)O)c1. The molecule has 2 aromatic rings. The maximum absolute atomic E-state index is 13.3. The summed E-state index contributed by atoms with van der Waals surface area (Å²) in [6.45, 7) is 3.17. The van der Waals surface area contributed by atoms with Gasteiger partial charge in [0.05, 0.1) is 39.3 Å². The molecule has 1 amide bonds. The number of alkyl halides is 3. The largest absolute Gasteiger partial charge is 0.465 e. The molecule has 3 rings (SSSR count). The van der Waals surface area contributed by atoms with Gasteiger partial charge in [-0.3, -0.25) is 5.32 Å². The van der Waals surface area contributed by atoms with Gasteiger partial charge in [-0.05, 0) is 50.2 Å². The second kappa shape index (κ2) is 7.56. The average Bonchev–Trinajstić information content (AvgIpc) is 2.97. The van der Waals surface area contributed by atoms with Crippen LogP contribution in [0.15, 0.2) is 36.4 Å². The third kappa shape index (κ3) is 4.20. The number of nitrogens with zero attached hydrogens (tertiary/aromatic N) is 3. The van der Waals surface area contributed by atoms with E-state index in [1.807, 2.05) is 0 Å². The molecule has 0 aliphatic carbocycles. The van der Waals surface area contributed by atoms with Gasteiger partial charge in [-0.2, -0.15) is 23.5 Å². The minimum Gasteiger partial charge on any atom is -0.465 e. The van der Waals surface area contributed by atoms with Crippen molar-refractivity contribution in [3.63, 3.8) is 0 Å². The standard InChI is InChI=1S/C18H14ClF3N4O4/c1-17(2)25(11-5-6-14(19)15(8-11)24-16(27)28)30-26(29-17)12-4-3-10(9-23)13(7-12)18(20,21)22/h3-8,24H,1-2H3,(H,27,28). The summed E-state index contributed by atoms with van der Waals surface area (Å²) < 4.78 is 39.8. The Hall–Kier alpha value is -3.20. The maximum Gasteiger partial charge on any atom is 0.417 e. The number of hydroxylamine groups is 1. The fraction of sp³-hybridized carbons (Fsp3) is 0.222. The first-order valence-electron chi connectivity index (χ1n) is 8.31. The molecule has 1 heterocycles. The summed E-state index contributed by atoms with van der Waals surface area (Å²) in [6, 6.07) is 8.81. The summed E-state index contributed by atoms with van der Waals surface area (Å²) in [5, 5.41) is 22.1. The zero-order chi connectivity index (χ0) is 22.3. The Morgan fingerprint density at radius 2 is 1.90 bits per heavy atom. The Bertz CT molecular complexity index is 1040. The molecule has 2 aromatic carbocycles. The van der Waals surface area contributed by atoms with Crippen LogP contribution in [0.5, 0.6) is 0 Å². The number of rotatable bonds is 3.